The largest absolute Gasteiger partial charge is 0.412 e. The summed E-state index contributed by atoms with van der Waals surface area (Å²) in [6.07, 6.45) is 2.83. The van der Waals surface area contributed by atoms with Gasteiger partial charge in [-0.15, -0.1) is 0 Å². The molecule has 0 radical (unpaired) electrons. The van der Waals surface area contributed by atoms with Gasteiger partial charge in [0.25, 0.3) is 0 Å². The van der Waals surface area contributed by atoms with Crippen molar-refractivity contribution in [3.8, 4) is 5.75 Å². The fraction of sp³-hybridized carbons (Fsp3) is 0.0769. The van der Waals surface area contributed by atoms with Crippen LogP contribution >= 0.6 is 11.6 Å². The summed E-state index contributed by atoms with van der Waals surface area (Å²) in [4.78, 5) is 15.4. The summed E-state index contributed by atoms with van der Waals surface area (Å²) in [6.45, 7) is 0.398. The number of hydrogen-bond donors (Lipinski definition) is 1. The van der Waals surface area contributed by atoms with Crippen LogP contribution in [-0.4, -0.2) is 11.1 Å². The fourth-order valence-electron chi connectivity index (χ4n) is 1.32. The Kier molecular flexibility index (Phi) is 4.15. The number of nitrogens with one attached hydrogen (secondary N) is 1. The second-order valence-electron chi connectivity index (χ2n) is 3.55. The van der Waals surface area contributed by atoms with Crippen LogP contribution in [0.3, 0.4) is 0 Å². The van der Waals surface area contributed by atoms with E-state index in [1.165, 1.54) is 0 Å². The Morgan fingerprint density at radius 1 is 1.17 bits per heavy atom. The van der Waals surface area contributed by atoms with Crippen molar-refractivity contribution in [1.82, 2.24) is 10.3 Å². The number of amides is 1. The molecule has 4 nitrogen and oxygen atoms in total. The highest BCUT2D eigenvalue weighted by molar-refractivity contribution is 6.30. The molecule has 2 rings (SSSR count). The molecule has 1 aromatic heterocycles. The lowest BCUT2D eigenvalue weighted by Gasteiger charge is -2.06. The summed E-state index contributed by atoms with van der Waals surface area (Å²) in [6, 6.07) is 10.2. The Bertz CT molecular complexity index is 514. The number of aromatic nitrogens is 1. The Balaban J connectivity index is 1.84. The average Bonchev–Trinajstić information content (AvgIpc) is 2.40. The number of halogens is 1. The van der Waals surface area contributed by atoms with Crippen LogP contribution in [0.1, 0.15) is 5.56 Å². The van der Waals surface area contributed by atoms with Crippen molar-refractivity contribution in [1.29, 1.82) is 0 Å². The first-order valence-electron chi connectivity index (χ1n) is 5.34. The van der Waals surface area contributed by atoms with E-state index in [1.54, 1.807) is 36.7 Å². The van der Waals surface area contributed by atoms with E-state index in [-0.39, 0.29) is 0 Å². The number of ether oxygens (including phenoxy) is 1. The summed E-state index contributed by atoms with van der Waals surface area (Å²) in [5.41, 5.74) is 0.957. The van der Waals surface area contributed by atoms with Gasteiger partial charge in [-0.25, -0.2) is 4.79 Å². The van der Waals surface area contributed by atoms with Crippen LogP contribution in [0.4, 0.5) is 4.79 Å². The lowest BCUT2D eigenvalue weighted by molar-refractivity contribution is 0.200. The Morgan fingerprint density at radius 2 is 1.83 bits per heavy atom. The first-order chi connectivity index (χ1) is 8.74. The van der Waals surface area contributed by atoms with Crippen molar-refractivity contribution in [3.05, 3.63) is 59.4 Å². The molecule has 1 heterocycles. The monoisotopic (exact) mass is 262 g/mol. The van der Waals surface area contributed by atoms with Crippen LogP contribution in [0.15, 0.2) is 48.8 Å². The Labute approximate surface area is 110 Å². The maximum absolute atomic E-state index is 11.5. The molecule has 1 aromatic carbocycles. The van der Waals surface area contributed by atoms with Gasteiger partial charge in [0.1, 0.15) is 5.75 Å². The molecule has 92 valence electrons. The third-order valence-corrected chi connectivity index (χ3v) is 2.46. The molecule has 0 aliphatic rings. The topological polar surface area (TPSA) is 51.2 Å². The number of carbonyl (C=O) groups excluding carboxylic acids is 1. The van der Waals surface area contributed by atoms with Gasteiger partial charge in [-0.05, 0) is 42.0 Å². The van der Waals surface area contributed by atoms with Gasteiger partial charge in [0.2, 0.25) is 0 Å². The first kappa shape index (κ1) is 12.4. The van der Waals surface area contributed by atoms with Crippen molar-refractivity contribution >= 4 is 17.7 Å². The van der Waals surface area contributed by atoms with Gasteiger partial charge in [0.05, 0.1) is 0 Å². The third-order valence-electron chi connectivity index (χ3n) is 2.21. The smallest absolute Gasteiger partial charge is 0.410 e. The van der Waals surface area contributed by atoms with Crippen LogP contribution in [0, 0.1) is 0 Å². The highest BCUT2D eigenvalue weighted by Gasteiger charge is 2.03. The van der Waals surface area contributed by atoms with E-state index in [2.05, 4.69) is 10.3 Å². The molecule has 1 N–H and O–H groups in total. The summed E-state index contributed by atoms with van der Waals surface area (Å²) < 4.78 is 5.07. The van der Waals surface area contributed by atoms with Crippen molar-refractivity contribution in [2.24, 2.45) is 0 Å². The second-order valence-corrected chi connectivity index (χ2v) is 3.99. The molecular formula is C13H11ClN2O2. The molecule has 0 saturated heterocycles. The normalized spacial score (nSPS) is 9.83. The lowest BCUT2D eigenvalue weighted by Crippen LogP contribution is -2.26. The number of nitrogens with zero attached hydrogens (tertiary/aromatic N) is 1. The quantitative estimate of drug-likeness (QED) is 0.925. The maximum atomic E-state index is 11.5. The van der Waals surface area contributed by atoms with E-state index >= 15 is 0 Å². The molecule has 5 heteroatoms. The van der Waals surface area contributed by atoms with Gasteiger partial charge in [0, 0.05) is 24.0 Å². The van der Waals surface area contributed by atoms with Crippen molar-refractivity contribution in [2.75, 3.05) is 0 Å². The SMILES string of the molecule is O=C(NCc1ccncc1)Oc1ccc(Cl)cc1. The van der Waals surface area contributed by atoms with Crippen LogP contribution in [0.2, 0.25) is 5.02 Å². The zero-order valence-electron chi connectivity index (χ0n) is 9.47. The molecule has 0 spiro atoms. The van der Waals surface area contributed by atoms with Crippen molar-refractivity contribution in [3.63, 3.8) is 0 Å². The minimum Gasteiger partial charge on any atom is -0.410 e. The molecule has 0 unspecified atom stereocenters. The van der Waals surface area contributed by atoms with Crippen molar-refractivity contribution in [2.45, 2.75) is 6.54 Å². The number of carbonyl (C=O) groups is 1. The molecule has 0 saturated carbocycles. The van der Waals surface area contributed by atoms with E-state index in [9.17, 15) is 4.79 Å². The number of pyridine rings is 1. The molecule has 18 heavy (non-hydrogen) atoms. The Hall–Kier alpha value is -2.07. The fourth-order valence-corrected chi connectivity index (χ4v) is 1.45. The summed E-state index contributed by atoms with van der Waals surface area (Å²) in [5.74, 6) is 0.451. The van der Waals surface area contributed by atoms with Gasteiger partial charge in [-0.3, -0.25) is 4.98 Å². The van der Waals surface area contributed by atoms with E-state index in [4.69, 9.17) is 16.3 Å². The minimum absolute atomic E-state index is 0.398. The van der Waals surface area contributed by atoms with E-state index in [0.29, 0.717) is 17.3 Å². The van der Waals surface area contributed by atoms with E-state index in [0.717, 1.165) is 5.56 Å². The van der Waals surface area contributed by atoms with Gasteiger partial charge >= 0.3 is 6.09 Å². The molecule has 0 fully saturated rings. The molecule has 2 aromatic rings. The van der Waals surface area contributed by atoms with Gasteiger partial charge < -0.3 is 10.1 Å². The summed E-state index contributed by atoms with van der Waals surface area (Å²) in [7, 11) is 0. The van der Waals surface area contributed by atoms with Gasteiger partial charge in [-0.1, -0.05) is 11.6 Å². The van der Waals surface area contributed by atoms with Gasteiger partial charge in [-0.2, -0.15) is 0 Å². The summed E-state index contributed by atoms with van der Waals surface area (Å²) >= 11 is 5.73. The molecular weight excluding hydrogens is 252 g/mol. The average molecular weight is 263 g/mol. The highest BCUT2D eigenvalue weighted by Crippen LogP contribution is 2.15. The minimum atomic E-state index is -0.505. The molecule has 0 aliphatic carbocycles. The maximum Gasteiger partial charge on any atom is 0.412 e. The molecule has 0 bridgehead atoms. The van der Waals surface area contributed by atoms with Crippen LogP contribution in [0.25, 0.3) is 0 Å². The zero-order chi connectivity index (χ0) is 12.8. The third kappa shape index (κ3) is 3.75. The number of hydrogen-bond acceptors (Lipinski definition) is 3. The molecule has 0 atom stereocenters. The molecule has 0 aliphatic heterocycles. The lowest BCUT2D eigenvalue weighted by atomic mass is 10.3. The van der Waals surface area contributed by atoms with Crippen LogP contribution < -0.4 is 10.1 Å². The highest BCUT2D eigenvalue weighted by atomic mass is 35.5. The van der Waals surface area contributed by atoms with E-state index in [1.807, 2.05) is 12.1 Å². The standard InChI is InChI=1S/C13H11ClN2O2/c14-11-1-3-12(4-2-11)18-13(17)16-9-10-5-7-15-8-6-10/h1-8H,9H2,(H,16,17). The predicted molar refractivity (Wildman–Crippen MR) is 68.6 cm³/mol. The van der Waals surface area contributed by atoms with Crippen LogP contribution in [-0.2, 0) is 6.54 Å². The Morgan fingerprint density at radius 3 is 2.50 bits per heavy atom. The summed E-state index contributed by atoms with van der Waals surface area (Å²) in [5, 5.41) is 3.24. The van der Waals surface area contributed by atoms with Crippen molar-refractivity contribution < 1.29 is 9.53 Å². The van der Waals surface area contributed by atoms with E-state index < -0.39 is 6.09 Å². The van der Waals surface area contributed by atoms with Gasteiger partial charge in [0.15, 0.2) is 0 Å². The van der Waals surface area contributed by atoms with Crippen LogP contribution in [0.5, 0.6) is 5.75 Å². The second kappa shape index (κ2) is 6.02. The zero-order valence-corrected chi connectivity index (χ0v) is 10.2. The number of rotatable bonds is 3. The molecule has 1 amide bonds. The first-order valence-corrected chi connectivity index (χ1v) is 5.72. The number of benzene rings is 1. The predicted octanol–water partition coefficient (Wildman–Crippen LogP) is 3.02.